The molecule has 1 aliphatic rings. The minimum Gasteiger partial charge on any atom is -0.435 e. The number of piperazine rings is 1. The second kappa shape index (κ2) is 9.34. The van der Waals surface area contributed by atoms with Crippen LogP contribution in [0.5, 0.6) is 5.75 Å². The van der Waals surface area contributed by atoms with E-state index in [0.29, 0.717) is 0 Å². The number of alkyl halides is 2. The van der Waals surface area contributed by atoms with Crippen LogP contribution in [0.2, 0.25) is 0 Å². The first-order valence-electron chi connectivity index (χ1n) is 6.16. The zero-order valence-electron chi connectivity index (χ0n) is 11.2. The number of nitrogens with zero attached hydrogens (tertiary/aromatic N) is 1. The van der Waals surface area contributed by atoms with Crippen molar-refractivity contribution < 1.29 is 13.5 Å². The predicted molar refractivity (Wildman–Crippen MR) is 80.4 cm³/mol. The Morgan fingerprint density at radius 1 is 1.20 bits per heavy atom. The van der Waals surface area contributed by atoms with Gasteiger partial charge in [0, 0.05) is 32.2 Å². The molecule has 1 fully saturated rings. The molecule has 3 nitrogen and oxygen atoms in total. The molecule has 1 atom stereocenters. The van der Waals surface area contributed by atoms with Gasteiger partial charge in [0.2, 0.25) is 0 Å². The number of halogens is 4. The summed E-state index contributed by atoms with van der Waals surface area (Å²) in [5.41, 5.74) is 1.01. The largest absolute Gasteiger partial charge is 0.435 e. The molecule has 0 bridgehead atoms. The summed E-state index contributed by atoms with van der Waals surface area (Å²) < 4.78 is 28.8. The Morgan fingerprint density at radius 3 is 2.45 bits per heavy atom. The fourth-order valence-corrected chi connectivity index (χ4v) is 2.23. The molecule has 116 valence electrons. The maximum atomic E-state index is 12.2. The van der Waals surface area contributed by atoms with E-state index in [1.54, 1.807) is 18.2 Å². The molecule has 1 N–H and O–H groups in total. The fourth-order valence-electron chi connectivity index (χ4n) is 2.23. The summed E-state index contributed by atoms with van der Waals surface area (Å²) in [5.74, 6) is 0.226. The molecular formula is C13H20Cl2F2N2O. The highest BCUT2D eigenvalue weighted by Gasteiger charge is 2.18. The lowest BCUT2D eigenvalue weighted by atomic mass is 10.1. The molecule has 0 radical (unpaired) electrons. The van der Waals surface area contributed by atoms with Gasteiger partial charge in [0.15, 0.2) is 0 Å². The van der Waals surface area contributed by atoms with Gasteiger partial charge in [0.25, 0.3) is 0 Å². The zero-order valence-corrected chi connectivity index (χ0v) is 12.9. The quantitative estimate of drug-likeness (QED) is 0.919. The minimum atomic E-state index is -2.77. The molecule has 1 aromatic carbocycles. The second-order valence-electron chi connectivity index (χ2n) is 4.41. The Morgan fingerprint density at radius 2 is 1.85 bits per heavy atom. The molecule has 0 aromatic heterocycles. The van der Waals surface area contributed by atoms with E-state index in [0.717, 1.165) is 31.7 Å². The molecule has 0 spiro atoms. The Bertz CT molecular complexity index is 390. The van der Waals surface area contributed by atoms with Crippen LogP contribution in [-0.2, 0) is 0 Å². The van der Waals surface area contributed by atoms with E-state index in [9.17, 15) is 8.78 Å². The number of nitrogens with one attached hydrogen (secondary N) is 1. The van der Waals surface area contributed by atoms with E-state index >= 15 is 0 Å². The van der Waals surface area contributed by atoms with Gasteiger partial charge in [-0.2, -0.15) is 8.78 Å². The monoisotopic (exact) mass is 328 g/mol. The van der Waals surface area contributed by atoms with Crippen LogP contribution in [0.3, 0.4) is 0 Å². The summed E-state index contributed by atoms with van der Waals surface area (Å²) in [7, 11) is 0. The molecule has 1 saturated heterocycles. The molecule has 2 rings (SSSR count). The lowest BCUT2D eigenvalue weighted by Crippen LogP contribution is -2.44. The number of hydrogen-bond donors (Lipinski definition) is 1. The second-order valence-corrected chi connectivity index (χ2v) is 4.41. The average molecular weight is 329 g/mol. The van der Waals surface area contributed by atoms with Gasteiger partial charge in [-0.15, -0.1) is 24.8 Å². The van der Waals surface area contributed by atoms with Crippen LogP contribution >= 0.6 is 24.8 Å². The maximum Gasteiger partial charge on any atom is 0.387 e. The first-order valence-corrected chi connectivity index (χ1v) is 6.16. The third-order valence-corrected chi connectivity index (χ3v) is 3.26. The van der Waals surface area contributed by atoms with E-state index in [2.05, 4.69) is 21.9 Å². The van der Waals surface area contributed by atoms with Crippen LogP contribution < -0.4 is 10.1 Å². The summed E-state index contributed by atoms with van der Waals surface area (Å²) >= 11 is 0. The van der Waals surface area contributed by atoms with Gasteiger partial charge in [-0.3, -0.25) is 4.90 Å². The number of hydrogen-bond acceptors (Lipinski definition) is 3. The van der Waals surface area contributed by atoms with Crippen molar-refractivity contribution in [2.45, 2.75) is 19.6 Å². The van der Waals surface area contributed by atoms with Crippen molar-refractivity contribution in [1.29, 1.82) is 0 Å². The Hall–Kier alpha value is -0.620. The summed E-state index contributed by atoms with van der Waals surface area (Å²) in [6.45, 7) is 3.21. The zero-order chi connectivity index (χ0) is 13.0. The van der Waals surface area contributed by atoms with E-state index in [4.69, 9.17) is 0 Å². The highest BCUT2D eigenvalue weighted by atomic mass is 35.5. The first-order chi connectivity index (χ1) is 8.66. The third-order valence-electron chi connectivity index (χ3n) is 3.26. The van der Waals surface area contributed by atoms with Crippen molar-refractivity contribution >= 4 is 24.8 Å². The number of benzene rings is 1. The first kappa shape index (κ1) is 19.4. The van der Waals surface area contributed by atoms with Gasteiger partial charge in [0.1, 0.15) is 5.75 Å². The van der Waals surface area contributed by atoms with Crippen LogP contribution in [0.1, 0.15) is 18.5 Å². The van der Waals surface area contributed by atoms with E-state index < -0.39 is 6.61 Å². The predicted octanol–water partition coefficient (Wildman–Crippen LogP) is 3.10. The average Bonchev–Trinajstić information content (AvgIpc) is 2.38. The van der Waals surface area contributed by atoms with Crippen molar-refractivity contribution in [3.05, 3.63) is 29.8 Å². The highest BCUT2D eigenvalue weighted by molar-refractivity contribution is 5.85. The van der Waals surface area contributed by atoms with Gasteiger partial charge >= 0.3 is 6.61 Å². The Labute approximate surface area is 130 Å². The number of ether oxygens (including phenoxy) is 1. The van der Waals surface area contributed by atoms with E-state index in [1.807, 2.05) is 6.07 Å². The topological polar surface area (TPSA) is 24.5 Å². The van der Waals surface area contributed by atoms with Gasteiger partial charge < -0.3 is 10.1 Å². The molecule has 0 aliphatic carbocycles. The molecular weight excluding hydrogens is 309 g/mol. The van der Waals surface area contributed by atoms with Crippen molar-refractivity contribution in [3.63, 3.8) is 0 Å². The van der Waals surface area contributed by atoms with Crippen molar-refractivity contribution in [3.8, 4) is 5.75 Å². The molecule has 1 heterocycles. The summed E-state index contributed by atoms with van der Waals surface area (Å²) in [6.07, 6.45) is 0. The molecule has 1 aromatic rings. The third kappa shape index (κ3) is 5.40. The molecule has 20 heavy (non-hydrogen) atoms. The van der Waals surface area contributed by atoms with Crippen LogP contribution in [-0.4, -0.2) is 37.7 Å². The lowest BCUT2D eigenvalue weighted by Gasteiger charge is -2.33. The molecule has 1 aliphatic heterocycles. The molecule has 7 heteroatoms. The molecule has 0 amide bonds. The van der Waals surface area contributed by atoms with Crippen LogP contribution in [0.4, 0.5) is 8.78 Å². The summed E-state index contributed by atoms with van der Waals surface area (Å²) in [6, 6.07) is 7.17. The fraction of sp³-hybridized carbons (Fsp3) is 0.538. The Balaban J connectivity index is 0.00000180. The summed E-state index contributed by atoms with van der Waals surface area (Å²) in [4.78, 5) is 2.33. The van der Waals surface area contributed by atoms with Crippen molar-refractivity contribution in [2.24, 2.45) is 0 Å². The van der Waals surface area contributed by atoms with E-state index in [-0.39, 0.29) is 36.6 Å². The molecule has 0 unspecified atom stereocenters. The smallest absolute Gasteiger partial charge is 0.387 e. The van der Waals surface area contributed by atoms with Crippen LogP contribution in [0.25, 0.3) is 0 Å². The minimum absolute atomic E-state index is 0. The summed E-state index contributed by atoms with van der Waals surface area (Å²) in [5, 5.41) is 3.29. The van der Waals surface area contributed by atoms with Gasteiger partial charge in [0.05, 0.1) is 0 Å². The molecule has 0 saturated carbocycles. The van der Waals surface area contributed by atoms with Gasteiger partial charge in [-0.25, -0.2) is 0 Å². The Kier molecular flexibility index (Phi) is 9.05. The lowest BCUT2D eigenvalue weighted by molar-refractivity contribution is -0.0499. The SMILES string of the molecule is C[C@@H](c1cccc(OC(F)F)c1)N1CCNCC1.Cl.Cl. The van der Waals surface area contributed by atoms with Crippen LogP contribution in [0.15, 0.2) is 24.3 Å². The van der Waals surface area contributed by atoms with Gasteiger partial charge in [-0.05, 0) is 24.6 Å². The van der Waals surface area contributed by atoms with Gasteiger partial charge in [-0.1, -0.05) is 12.1 Å². The van der Waals surface area contributed by atoms with Crippen molar-refractivity contribution in [2.75, 3.05) is 26.2 Å². The van der Waals surface area contributed by atoms with Crippen molar-refractivity contribution in [1.82, 2.24) is 10.2 Å². The highest BCUT2D eigenvalue weighted by Crippen LogP contribution is 2.24. The number of rotatable bonds is 4. The van der Waals surface area contributed by atoms with E-state index in [1.165, 1.54) is 0 Å². The van der Waals surface area contributed by atoms with Crippen LogP contribution in [0, 0.1) is 0 Å². The normalized spacial score (nSPS) is 17.0. The standard InChI is InChI=1S/C13H18F2N2O.2ClH/c1-10(17-7-5-16-6-8-17)11-3-2-4-12(9-11)18-13(14)15;;/h2-4,9-10,13,16H,5-8H2,1H3;2*1H/t10-;;/m0../s1. The maximum absolute atomic E-state index is 12.2.